The second-order valence-electron chi connectivity index (χ2n) is 5.68. The predicted molar refractivity (Wildman–Crippen MR) is 81.0 cm³/mol. The van der Waals surface area contributed by atoms with Crippen LogP contribution >= 0.6 is 0 Å². The lowest BCUT2D eigenvalue weighted by Gasteiger charge is -2.21. The summed E-state index contributed by atoms with van der Waals surface area (Å²) in [5, 5.41) is 3.66. The molecule has 0 bridgehead atoms. The highest BCUT2D eigenvalue weighted by Gasteiger charge is 2.49. The number of amides is 1. The first-order chi connectivity index (χ1) is 12.0. The maximum Gasteiger partial charge on any atom is 0.267 e. The maximum atomic E-state index is 13.9. The molecule has 7 nitrogen and oxygen atoms in total. The highest BCUT2D eigenvalue weighted by molar-refractivity contribution is 5.78. The fourth-order valence-corrected chi connectivity index (χ4v) is 2.63. The molecule has 1 fully saturated rings. The van der Waals surface area contributed by atoms with E-state index in [4.69, 9.17) is 14.0 Å². The van der Waals surface area contributed by atoms with Crippen LogP contribution in [-0.2, 0) is 16.1 Å². The molecule has 3 rings (SSSR count). The van der Waals surface area contributed by atoms with E-state index in [1.807, 2.05) is 0 Å². The minimum atomic E-state index is -3.02. The molecule has 25 heavy (non-hydrogen) atoms. The van der Waals surface area contributed by atoms with E-state index in [2.05, 4.69) is 10.1 Å². The van der Waals surface area contributed by atoms with Gasteiger partial charge >= 0.3 is 0 Å². The third-order valence-electron chi connectivity index (χ3n) is 3.74. The molecule has 0 N–H and O–H groups in total. The van der Waals surface area contributed by atoms with Crippen molar-refractivity contribution in [3.05, 3.63) is 42.0 Å². The first kappa shape index (κ1) is 17.3. The molecule has 0 saturated carbocycles. The minimum absolute atomic E-state index is 0.0303. The zero-order valence-corrected chi connectivity index (χ0v) is 13.5. The molecule has 0 aliphatic carbocycles. The van der Waals surface area contributed by atoms with E-state index in [0.29, 0.717) is 5.75 Å². The summed E-state index contributed by atoms with van der Waals surface area (Å²) in [5.41, 5.74) is 0. The van der Waals surface area contributed by atoms with E-state index in [1.165, 1.54) is 7.11 Å². The monoisotopic (exact) mass is 353 g/mol. The van der Waals surface area contributed by atoms with E-state index >= 15 is 0 Å². The van der Waals surface area contributed by atoms with Crippen LogP contribution in [0, 0.1) is 0 Å². The predicted octanol–water partition coefficient (Wildman–Crippen LogP) is 2.20. The number of benzene rings is 1. The van der Waals surface area contributed by atoms with Gasteiger partial charge in [0.15, 0.2) is 12.4 Å². The zero-order valence-electron chi connectivity index (χ0n) is 13.5. The molecule has 134 valence electrons. The van der Waals surface area contributed by atoms with Crippen LogP contribution in [0.1, 0.15) is 24.2 Å². The highest BCUT2D eigenvalue weighted by atomic mass is 19.3. The lowest BCUT2D eigenvalue weighted by atomic mass is 10.2. The molecular formula is C16H17F2N3O4. The van der Waals surface area contributed by atoms with Gasteiger partial charge in [-0.2, -0.15) is 4.98 Å². The quantitative estimate of drug-likeness (QED) is 0.792. The van der Waals surface area contributed by atoms with Gasteiger partial charge < -0.3 is 18.9 Å². The normalized spacial score (nSPS) is 19.2. The number of aromatic nitrogens is 2. The summed E-state index contributed by atoms with van der Waals surface area (Å²) in [6.45, 7) is -0.968. The Labute approximate surface area is 142 Å². The van der Waals surface area contributed by atoms with Gasteiger partial charge in [0.2, 0.25) is 5.89 Å². The van der Waals surface area contributed by atoms with Crippen molar-refractivity contribution in [1.29, 1.82) is 0 Å². The van der Waals surface area contributed by atoms with Gasteiger partial charge in [0, 0.05) is 13.5 Å². The molecule has 2 aromatic rings. The van der Waals surface area contributed by atoms with E-state index in [1.54, 1.807) is 30.3 Å². The van der Waals surface area contributed by atoms with Crippen molar-refractivity contribution in [1.82, 2.24) is 15.0 Å². The van der Waals surface area contributed by atoms with Crippen LogP contribution in [0.5, 0.6) is 5.75 Å². The molecule has 1 aromatic heterocycles. The number of carbonyl (C=O) groups is 1. The molecule has 2 heterocycles. The smallest absolute Gasteiger partial charge is 0.267 e. The fraction of sp³-hybridized carbons (Fsp3) is 0.438. The molecule has 0 unspecified atom stereocenters. The van der Waals surface area contributed by atoms with E-state index in [-0.39, 0.29) is 24.9 Å². The van der Waals surface area contributed by atoms with Crippen LogP contribution < -0.4 is 4.74 Å². The maximum absolute atomic E-state index is 13.9. The summed E-state index contributed by atoms with van der Waals surface area (Å²) in [6, 6.07) is 7.68. The van der Waals surface area contributed by atoms with Gasteiger partial charge in [0.1, 0.15) is 18.4 Å². The lowest BCUT2D eigenvalue weighted by molar-refractivity contribution is -0.135. The number of nitrogens with zero attached hydrogens (tertiary/aromatic N) is 3. The number of rotatable bonds is 6. The van der Waals surface area contributed by atoms with Gasteiger partial charge in [0.05, 0.1) is 6.54 Å². The molecule has 1 atom stereocenters. The number of hydrogen-bond acceptors (Lipinski definition) is 6. The van der Waals surface area contributed by atoms with E-state index < -0.39 is 30.8 Å². The number of likely N-dealkylation sites (tertiary alicyclic amines) is 1. The Morgan fingerprint density at radius 3 is 2.88 bits per heavy atom. The summed E-state index contributed by atoms with van der Waals surface area (Å²) in [4.78, 5) is 17.4. The molecule has 0 radical (unpaired) electrons. The van der Waals surface area contributed by atoms with Crippen LogP contribution in [0.4, 0.5) is 8.78 Å². The van der Waals surface area contributed by atoms with Crippen LogP contribution in [0.3, 0.4) is 0 Å². The zero-order chi connectivity index (χ0) is 17.9. The standard InChI is InChI=1S/C16H17F2N3O4/c1-23-8-13-19-15(25-20-13)12-7-16(17,18)10-21(12)14(22)9-24-11-5-3-2-4-6-11/h2-6,12H,7-10H2,1H3/t12-/m0/s1. The summed E-state index contributed by atoms with van der Waals surface area (Å²) < 4.78 is 43.0. The Kier molecular flexibility index (Phi) is 4.93. The third kappa shape index (κ3) is 4.11. The third-order valence-corrected chi connectivity index (χ3v) is 3.74. The van der Waals surface area contributed by atoms with Crippen molar-refractivity contribution < 1.29 is 27.6 Å². The molecule has 1 saturated heterocycles. The number of halogens is 2. The number of ether oxygens (including phenoxy) is 2. The second-order valence-corrected chi connectivity index (χ2v) is 5.68. The minimum Gasteiger partial charge on any atom is -0.484 e. The first-order valence-electron chi connectivity index (χ1n) is 7.65. The average Bonchev–Trinajstić information content (AvgIpc) is 3.18. The molecule has 1 amide bonds. The van der Waals surface area contributed by atoms with Gasteiger partial charge in [-0.1, -0.05) is 23.4 Å². The fourth-order valence-electron chi connectivity index (χ4n) is 2.63. The number of methoxy groups -OCH3 is 1. The Morgan fingerprint density at radius 2 is 2.16 bits per heavy atom. The van der Waals surface area contributed by atoms with Gasteiger partial charge in [-0.25, -0.2) is 8.78 Å². The average molecular weight is 353 g/mol. The summed E-state index contributed by atoms with van der Waals surface area (Å²) >= 11 is 0. The molecular weight excluding hydrogens is 336 g/mol. The molecule has 0 spiro atoms. The summed E-state index contributed by atoms with van der Waals surface area (Å²) in [7, 11) is 1.45. The Bertz CT molecular complexity index is 723. The topological polar surface area (TPSA) is 77.7 Å². The Hall–Kier alpha value is -2.55. The number of alkyl halides is 2. The van der Waals surface area contributed by atoms with Gasteiger partial charge in [-0.3, -0.25) is 4.79 Å². The number of carbonyl (C=O) groups excluding carboxylic acids is 1. The second kappa shape index (κ2) is 7.14. The Morgan fingerprint density at radius 1 is 1.40 bits per heavy atom. The molecule has 1 aliphatic rings. The van der Waals surface area contributed by atoms with Crippen LogP contribution in [0.15, 0.2) is 34.9 Å². The van der Waals surface area contributed by atoms with E-state index in [0.717, 1.165) is 4.90 Å². The first-order valence-corrected chi connectivity index (χ1v) is 7.65. The lowest BCUT2D eigenvalue weighted by Crippen LogP contribution is -2.36. The van der Waals surface area contributed by atoms with E-state index in [9.17, 15) is 13.6 Å². The summed E-state index contributed by atoms with van der Waals surface area (Å²) in [6.07, 6.45) is -0.571. The van der Waals surface area contributed by atoms with Crippen molar-refractivity contribution in [3.63, 3.8) is 0 Å². The van der Waals surface area contributed by atoms with Crippen LogP contribution in [-0.4, -0.2) is 47.1 Å². The van der Waals surface area contributed by atoms with Crippen molar-refractivity contribution in [2.75, 3.05) is 20.3 Å². The van der Waals surface area contributed by atoms with Crippen molar-refractivity contribution in [3.8, 4) is 5.75 Å². The molecule has 1 aliphatic heterocycles. The van der Waals surface area contributed by atoms with Crippen LogP contribution in [0.2, 0.25) is 0 Å². The van der Waals surface area contributed by atoms with Gasteiger partial charge in [0.25, 0.3) is 11.8 Å². The molecule has 1 aromatic carbocycles. The number of hydrogen-bond donors (Lipinski definition) is 0. The van der Waals surface area contributed by atoms with Crippen molar-refractivity contribution in [2.24, 2.45) is 0 Å². The van der Waals surface area contributed by atoms with Crippen LogP contribution in [0.25, 0.3) is 0 Å². The van der Waals surface area contributed by atoms with Gasteiger partial charge in [-0.15, -0.1) is 0 Å². The van der Waals surface area contributed by atoms with Gasteiger partial charge in [-0.05, 0) is 12.1 Å². The van der Waals surface area contributed by atoms with Crippen molar-refractivity contribution >= 4 is 5.91 Å². The number of para-hydroxylation sites is 1. The van der Waals surface area contributed by atoms with Crippen molar-refractivity contribution in [2.45, 2.75) is 25.0 Å². The Balaban J connectivity index is 1.71. The summed E-state index contributed by atoms with van der Waals surface area (Å²) in [5.74, 6) is -2.91. The largest absolute Gasteiger partial charge is 0.484 e. The highest BCUT2D eigenvalue weighted by Crippen LogP contribution is 2.40. The molecule has 9 heteroatoms. The SMILES string of the molecule is COCc1noc([C@@H]2CC(F)(F)CN2C(=O)COc2ccccc2)n1.